The molecule has 7 heteroatoms. The molecule has 0 unspecified atom stereocenters. The molecule has 0 saturated carbocycles. The molecule has 1 aromatic heterocycles. The lowest BCUT2D eigenvalue weighted by molar-refractivity contribution is 0.0696. The number of ether oxygens (including phenoxy) is 1. The van der Waals surface area contributed by atoms with Crippen molar-refractivity contribution in [1.82, 2.24) is 4.98 Å². The molecule has 4 nitrogen and oxygen atoms in total. The minimum absolute atomic E-state index is 0.0189. The molecule has 98 valence electrons. The Morgan fingerprint density at radius 1 is 1.42 bits per heavy atom. The van der Waals surface area contributed by atoms with Crippen molar-refractivity contribution in [2.45, 2.75) is 0 Å². The third kappa shape index (κ3) is 3.21. The number of carboxylic acids is 1. The van der Waals surface area contributed by atoms with Crippen LogP contribution in [0.5, 0.6) is 11.6 Å². The molecule has 0 aliphatic heterocycles. The van der Waals surface area contributed by atoms with Crippen molar-refractivity contribution in [2.75, 3.05) is 0 Å². The number of nitrogens with zero attached hydrogens (tertiary/aromatic N) is 1. The van der Waals surface area contributed by atoms with E-state index in [1.165, 1.54) is 18.2 Å². The second kappa shape index (κ2) is 5.54. The first-order valence-electron chi connectivity index (χ1n) is 4.99. The van der Waals surface area contributed by atoms with Gasteiger partial charge >= 0.3 is 5.97 Å². The second-order valence-corrected chi connectivity index (χ2v) is 4.81. The second-order valence-electron chi connectivity index (χ2n) is 3.48. The maximum Gasteiger partial charge on any atom is 0.337 e. The van der Waals surface area contributed by atoms with Gasteiger partial charge in [-0.3, -0.25) is 0 Å². The molecule has 2 rings (SSSR count). The lowest BCUT2D eigenvalue weighted by atomic mass is 10.2. The van der Waals surface area contributed by atoms with Crippen molar-refractivity contribution >= 4 is 33.5 Å². The van der Waals surface area contributed by atoms with Gasteiger partial charge < -0.3 is 9.84 Å². The first-order chi connectivity index (χ1) is 8.97. The molecular weight excluding hydrogens is 340 g/mol. The van der Waals surface area contributed by atoms with Gasteiger partial charge in [0.25, 0.3) is 0 Å². The van der Waals surface area contributed by atoms with Crippen LogP contribution in [0.15, 0.2) is 34.9 Å². The topological polar surface area (TPSA) is 59.4 Å². The maximum atomic E-state index is 13.5. The quantitative estimate of drug-likeness (QED) is 0.908. The molecule has 0 fully saturated rings. The van der Waals surface area contributed by atoms with Gasteiger partial charge in [-0.2, -0.15) is 0 Å². The van der Waals surface area contributed by atoms with E-state index in [4.69, 9.17) is 21.4 Å². The van der Waals surface area contributed by atoms with Crippen molar-refractivity contribution in [2.24, 2.45) is 0 Å². The van der Waals surface area contributed by atoms with E-state index in [2.05, 4.69) is 20.9 Å². The summed E-state index contributed by atoms with van der Waals surface area (Å²) in [6.07, 6.45) is 1.14. The van der Waals surface area contributed by atoms with Crippen molar-refractivity contribution in [3.8, 4) is 11.6 Å². The Morgan fingerprint density at radius 2 is 2.16 bits per heavy atom. The van der Waals surface area contributed by atoms with E-state index in [0.717, 1.165) is 12.3 Å². The molecule has 19 heavy (non-hydrogen) atoms. The largest absolute Gasteiger partial charge is 0.478 e. The summed E-state index contributed by atoms with van der Waals surface area (Å²) in [5, 5.41) is 8.89. The van der Waals surface area contributed by atoms with E-state index in [1.54, 1.807) is 0 Å². The number of pyridine rings is 1. The van der Waals surface area contributed by atoms with Crippen LogP contribution in [0.4, 0.5) is 4.39 Å². The number of hydrogen-bond acceptors (Lipinski definition) is 3. The summed E-state index contributed by atoms with van der Waals surface area (Å²) in [5.74, 6) is -1.93. The van der Waals surface area contributed by atoms with E-state index in [1.807, 2.05) is 0 Å². The molecule has 0 amide bonds. The van der Waals surface area contributed by atoms with Crippen LogP contribution in [0, 0.1) is 5.82 Å². The van der Waals surface area contributed by atoms with Gasteiger partial charge in [-0.05, 0) is 18.2 Å². The predicted molar refractivity (Wildman–Crippen MR) is 70.4 cm³/mol. The summed E-state index contributed by atoms with van der Waals surface area (Å²) in [6.45, 7) is 0. The average Bonchev–Trinajstić information content (AvgIpc) is 2.36. The number of rotatable bonds is 3. The Hall–Kier alpha value is -1.66. The Kier molecular flexibility index (Phi) is 4.01. The monoisotopic (exact) mass is 345 g/mol. The van der Waals surface area contributed by atoms with Crippen molar-refractivity contribution in [3.63, 3.8) is 0 Å². The third-order valence-electron chi connectivity index (χ3n) is 2.17. The highest BCUT2D eigenvalue weighted by atomic mass is 79.9. The zero-order valence-electron chi connectivity index (χ0n) is 9.23. The van der Waals surface area contributed by atoms with Crippen molar-refractivity contribution < 1.29 is 19.0 Å². The summed E-state index contributed by atoms with van der Waals surface area (Å²) in [7, 11) is 0. The molecule has 0 spiro atoms. The number of carbonyl (C=O) groups is 1. The first-order valence-corrected chi connectivity index (χ1v) is 6.16. The molecule has 1 N–H and O–H groups in total. The summed E-state index contributed by atoms with van der Waals surface area (Å²) < 4.78 is 19.3. The smallest absolute Gasteiger partial charge is 0.337 e. The highest BCUT2D eigenvalue weighted by Gasteiger charge is 2.13. The van der Waals surface area contributed by atoms with E-state index < -0.39 is 11.8 Å². The van der Waals surface area contributed by atoms with Gasteiger partial charge in [0.05, 0.1) is 16.8 Å². The SMILES string of the molecule is O=C(O)c1cc(Oc2cc(Br)ccc2F)ncc1Cl. The molecular formula is C12H6BrClFNO3. The maximum absolute atomic E-state index is 13.5. The van der Waals surface area contributed by atoms with E-state index in [-0.39, 0.29) is 22.2 Å². The number of aromatic nitrogens is 1. The molecule has 0 atom stereocenters. The Balaban J connectivity index is 2.36. The Morgan fingerprint density at radius 3 is 2.84 bits per heavy atom. The van der Waals surface area contributed by atoms with Crippen LogP contribution in [0.1, 0.15) is 10.4 Å². The van der Waals surface area contributed by atoms with Gasteiger partial charge in [-0.1, -0.05) is 27.5 Å². The normalized spacial score (nSPS) is 10.3. The van der Waals surface area contributed by atoms with Crippen molar-refractivity contribution in [3.05, 3.63) is 51.3 Å². The minimum atomic E-state index is -1.22. The van der Waals surface area contributed by atoms with Gasteiger partial charge in [0.2, 0.25) is 5.88 Å². The van der Waals surface area contributed by atoms with Crippen LogP contribution >= 0.6 is 27.5 Å². The number of hydrogen-bond donors (Lipinski definition) is 1. The van der Waals surface area contributed by atoms with Crippen molar-refractivity contribution in [1.29, 1.82) is 0 Å². The van der Waals surface area contributed by atoms with Gasteiger partial charge in [-0.25, -0.2) is 14.2 Å². The summed E-state index contributed by atoms with van der Waals surface area (Å²) in [4.78, 5) is 14.7. The molecule has 0 bridgehead atoms. The highest BCUT2D eigenvalue weighted by molar-refractivity contribution is 9.10. The van der Waals surface area contributed by atoms with Crippen LogP contribution in [0.2, 0.25) is 5.02 Å². The van der Waals surface area contributed by atoms with Crippen LogP contribution in [0.25, 0.3) is 0 Å². The molecule has 0 aliphatic carbocycles. The number of aromatic carboxylic acids is 1. The molecule has 0 aliphatic rings. The van der Waals surface area contributed by atoms with Crippen LogP contribution in [-0.4, -0.2) is 16.1 Å². The number of halogens is 3. The molecule has 1 heterocycles. The lowest BCUT2D eigenvalue weighted by Crippen LogP contribution is -2.00. The minimum Gasteiger partial charge on any atom is -0.478 e. The zero-order valence-corrected chi connectivity index (χ0v) is 11.6. The first kappa shape index (κ1) is 13.8. The van der Waals surface area contributed by atoms with Crippen LogP contribution in [-0.2, 0) is 0 Å². The number of carboxylic acid groups (broad SMARTS) is 1. The fraction of sp³-hybridized carbons (Fsp3) is 0. The summed E-state index contributed by atoms with van der Waals surface area (Å²) in [6, 6.07) is 5.27. The standard InChI is InChI=1S/C12H6BrClFNO3/c13-6-1-2-9(15)10(3-6)19-11-4-7(12(17)18)8(14)5-16-11/h1-5H,(H,17,18). The molecule has 0 saturated heterocycles. The van der Waals surface area contributed by atoms with Gasteiger partial charge in [-0.15, -0.1) is 0 Å². The van der Waals surface area contributed by atoms with Crippen LogP contribution < -0.4 is 4.74 Å². The lowest BCUT2D eigenvalue weighted by Gasteiger charge is -2.07. The number of benzene rings is 1. The Bertz CT molecular complexity index is 651. The van der Waals surface area contributed by atoms with Gasteiger partial charge in [0, 0.05) is 10.5 Å². The predicted octanol–water partition coefficient (Wildman–Crippen LogP) is 4.13. The molecule has 1 aromatic carbocycles. The van der Waals surface area contributed by atoms with E-state index in [9.17, 15) is 9.18 Å². The average molecular weight is 347 g/mol. The third-order valence-corrected chi connectivity index (χ3v) is 2.96. The summed E-state index contributed by atoms with van der Waals surface area (Å²) >= 11 is 8.85. The van der Waals surface area contributed by atoms with E-state index >= 15 is 0 Å². The molecule has 2 aromatic rings. The fourth-order valence-electron chi connectivity index (χ4n) is 1.31. The van der Waals surface area contributed by atoms with E-state index in [0.29, 0.717) is 4.47 Å². The zero-order chi connectivity index (χ0) is 14.0. The highest BCUT2D eigenvalue weighted by Crippen LogP contribution is 2.28. The fourth-order valence-corrected chi connectivity index (χ4v) is 1.83. The van der Waals surface area contributed by atoms with Gasteiger partial charge in [0.1, 0.15) is 0 Å². The molecule has 0 radical (unpaired) electrons. The Labute approximate surface area is 120 Å². The summed E-state index contributed by atoms with van der Waals surface area (Å²) in [5.41, 5.74) is -0.165. The van der Waals surface area contributed by atoms with Crippen LogP contribution in [0.3, 0.4) is 0 Å². The van der Waals surface area contributed by atoms with Gasteiger partial charge in [0.15, 0.2) is 11.6 Å².